The summed E-state index contributed by atoms with van der Waals surface area (Å²) < 4.78 is 43.3. The van der Waals surface area contributed by atoms with Crippen molar-refractivity contribution in [3.05, 3.63) is 126 Å². The number of aliphatic hydroxyl groups is 1. The molecule has 299 valence electrons. The average Bonchev–Trinajstić information content (AvgIpc) is 3.50. The summed E-state index contributed by atoms with van der Waals surface area (Å²) in [6.45, 7) is 16.5. The first-order chi connectivity index (χ1) is 26.6. The van der Waals surface area contributed by atoms with Gasteiger partial charge in [-0.1, -0.05) is 126 Å². The van der Waals surface area contributed by atoms with Gasteiger partial charge in [-0.2, -0.15) is 13.2 Å². The van der Waals surface area contributed by atoms with E-state index in [1.165, 1.54) is 6.08 Å². The Morgan fingerprint density at radius 3 is 2.02 bits per heavy atom. The number of aliphatic hydroxyl groups excluding tert-OH is 1. The molecule has 1 aromatic heterocycles. The van der Waals surface area contributed by atoms with E-state index < -0.39 is 11.7 Å². The van der Waals surface area contributed by atoms with Crippen molar-refractivity contribution in [3.63, 3.8) is 0 Å². The number of benzene rings is 5. The largest absolute Gasteiger partial charge is 0.512 e. The van der Waals surface area contributed by atoms with E-state index in [-0.39, 0.29) is 54.5 Å². The Bertz CT molecular complexity index is 2440. The van der Waals surface area contributed by atoms with Crippen LogP contribution in [-0.2, 0) is 36.5 Å². The van der Waals surface area contributed by atoms with E-state index in [4.69, 9.17) is 0 Å². The predicted octanol–water partition coefficient (Wildman–Crippen LogP) is 14.7. The van der Waals surface area contributed by atoms with Crippen molar-refractivity contribution < 1.29 is 43.2 Å². The van der Waals surface area contributed by atoms with Gasteiger partial charge in [0, 0.05) is 49.9 Å². The molecule has 6 aromatic rings. The number of carbonyl (C=O) groups is 1. The molecule has 0 aliphatic heterocycles. The average molecular weight is 947 g/mol. The molecule has 7 rings (SSSR count). The molecule has 3 nitrogen and oxygen atoms in total. The van der Waals surface area contributed by atoms with Crippen LogP contribution in [0.1, 0.15) is 90.8 Å². The Labute approximate surface area is 348 Å². The fraction of sp³-hybridized carbons (Fsp3) is 0.320. The van der Waals surface area contributed by atoms with Gasteiger partial charge in [-0.15, -0.1) is 29.1 Å². The zero-order valence-corrected chi connectivity index (χ0v) is 36.4. The molecule has 0 atom stereocenters. The molecule has 0 bridgehead atoms. The van der Waals surface area contributed by atoms with E-state index in [9.17, 15) is 23.1 Å². The number of hydrogen-bond donors (Lipinski definition) is 1. The number of fused-ring (bicyclic) bond motifs is 4. The van der Waals surface area contributed by atoms with E-state index in [1.807, 2.05) is 83.1 Å². The minimum Gasteiger partial charge on any atom is -0.512 e. The standard InChI is InChI=1S/C37H27F3N.C13H24O2.Ir/c1-21-15-24(17-30-27-13-7-10-22-11-8-14-28(34(21)30)35(22)27)29-19-33(41-20-32(29)37(38,39)40)25-16-23-9-5-6-12-26(23)31(18-25)36(2,3)4;1-5-10(6-2)12(14)9-13(15)11(7-3)8-4;/h5-15,17-20H,1-4H3;9-11,14H,5-8H2,1-4H3;/q-1;;/b;12-9-;. The molecule has 1 aliphatic rings. The normalized spacial score (nSPS) is 12.5. The van der Waals surface area contributed by atoms with Crippen molar-refractivity contribution >= 4 is 27.3 Å². The number of aromatic nitrogens is 1. The van der Waals surface area contributed by atoms with Crippen LogP contribution in [0.3, 0.4) is 0 Å². The Balaban J connectivity index is 0.000000333. The van der Waals surface area contributed by atoms with Crippen molar-refractivity contribution in [1.82, 2.24) is 4.98 Å². The summed E-state index contributed by atoms with van der Waals surface area (Å²) in [6, 6.07) is 31.2. The zero-order chi connectivity index (χ0) is 40.5. The molecule has 1 N–H and O–H groups in total. The van der Waals surface area contributed by atoms with Gasteiger partial charge in [0.1, 0.15) is 0 Å². The quantitative estimate of drug-likeness (QED) is 0.0891. The molecule has 0 amide bonds. The monoisotopic (exact) mass is 947 g/mol. The molecule has 1 heterocycles. The second kappa shape index (κ2) is 17.5. The minimum atomic E-state index is -4.56. The van der Waals surface area contributed by atoms with Crippen molar-refractivity contribution in [2.24, 2.45) is 11.8 Å². The number of pyridine rings is 1. The first kappa shape index (κ1) is 43.5. The third-order valence-electron chi connectivity index (χ3n) is 11.3. The van der Waals surface area contributed by atoms with Crippen LogP contribution in [0, 0.1) is 24.8 Å². The van der Waals surface area contributed by atoms with Gasteiger partial charge in [0.15, 0.2) is 5.78 Å². The van der Waals surface area contributed by atoms with Crippen molar-refractivity contribution in [1.29, 1.82) is 0 Å². The summed E-state index contributed by atoms with van der Waals surface area (Å²) in [5.74, 6) is 0.547. The van der Waals surface area contributed by atoms with Crippen LogP contribution in [-0.4, -0.2) is 15.9 Å². The van der Waals surface area contributed by atoms with Crippen molar-refractivity contribution in [3.8, 4) is 44.6 Å². The third-order valence-corrected chi connectivity index (χ3v) is 11.3. The van der Waals surface area contributed by atoms with Gasteiger partial charge in [-0.05, 0) is 93.8 Å². The molecular weight excluding hydrogens is 896 g/mol. The number of hydrogen-bond acceptors (Lipinski definition) is 3. The van der Waals surface area contributed by atoms with E-state index in [2.05, 4.69) is 62.2 Å². The molecule has 0 spiro atoms. The predicted molar refractivity (Wildman–Crippen MR) is 226 cm³/mol. The number of rotatable bonds is 9. The minimum absolute atomic E-state index is 0. The SMILES string of the molecule is CCC(CC)C(=O)/C=C(\O)C(CC)CC.Cc1cc(-c2cc(-c3[c-]c4ccccc4c(C(C)(C)C)c3)ncc2C(F)(F)F)cc2c1-c1cccc3cccc-2c13.[Ir]. The third kappa shape index (κ3) is 8.81. The van der Waals surface area contributed by atoms with Crippen LogP contribution < -0.4 is 0 Å². The van der Waals surface area contributed by atoms with Crippen molar-refractivity contribution in [2.45, 2.75) is 92.7 Å². The van der Waals surface area contributed by atoms with Gasteiger partial charge in [0.2, 0.25) is 0 Å². The Morgan fingerprint density at radius 2 is 1.40 bits per heavy atom. The van der Waals surface area contributed by atoms with Gasteiger partial charge < -0.3 is 5.11 Å². The summed E-state index contributed by atoms with van der Waals surface area (Å²) in [4.78, 5) is 16.1. The smallest absolute Gasteiger partial charge is 0.418 e. The van der Waals surface area contributed by atoms with Crippen LogP contribution in [0.5, 0.6) is 0 Å². The number of ketones is 1. The summed E-state index contributed by atoms with van der Waals surface area (Å²) in [6.07, 6.45) is 1.33. The number of alkyl halides is 3. The summed E-state index contributed by atoms with van der Waals surface area (Å²) in [7, 11) is 0. The Morgan fingerprint density at radius 1 is 0.772 bits per heavy atom. The molecule has 7 heteroatoms. The van der Waals surface area contributed by atoms with E-state index in [0.29, 0.717) is 16.8 Å². The molecule has 1 aliphatic carbocycles. The number of aryl methyl sites for hydroxylation is 1. The van der Waals surface area contributed by atoms with Crippen molar-refractivity contribution in [2.75, 3.05) is 0 Å². The Kier molecular flexibility index (Phi) is 13.4. The van der Waals surface area contributed by atoms with Gasteiger partial charge in [-0.25, -0.2) is 0 Å². The van der Waals surface area contributed by atoms with Gasteiger partial charge in [0.25, 0.3) is 0 Å². The summed E-state index contributed by atoms with van der Waals surface area (Å²) in [5.41, 5.74) is 7.15. The Hall–Kier alpha value is -4.58. The fourth-order valence-electron chi connectivity index (χ4n) is 8.12. The zero-order valence-electron chi connectivity index (χ0n) is 34.0. The van der Waals surface area contributed by atoms with Crippen LogP contribution >= 0.6 is 0 Å². The van der Waals surface area contributed by atoms with Crippen LogP contribution in [0.4, 0.5) is 13.2 Å². The molecule has 0 saturated carbocycles. The number of carbonyl (C=O) groups excluding carboxylic acids is 1. The van der Waals surface area contributed by atoms with E-state index in [0.717, 1.165) is 86.8 Å². The summed E-state index contributed by atoms with van der Waals surface area (Å²) in [5, 5.41) is 14.0. The topological polar surface area (TPSA) is 50.2 Å². The maximum absolute atomic E-state index is 14.4. The number of halogens is 3. The second-order valence-corrected chi connectivity index (χ2v) is 15.9. The van der Waals surface area contributed by atoms with Gasteiger partial charge in [0.05, 0.1) is 11.3 Å². The first-order valence-corrected chi connectivity index (χ1v) is 19.8. The molecule has 0 fully saturated rings. The number of nitrogens with zero attached hydrogens (tertiary/aromatic N) is 1. The fourth-order valence-corrected chi connectivity index (χ4v) is 8.12. The molecule has 57 heavy (non-hydrogen) atoms. The first-order valence-electron chi connectivity index (χ1n) is 19.8. The van der Waals surface area contributed by atoms with Crippen LogP contribution in [0.2, 0.25) is 0 Å². The molecule has 0 saturated heterocycles. The molecular formula is C50H51F3IrNO2-. The second-order valence-electron chi connectivity index (χ2n) is 15.9. The van der Waals surface area contributed by atoms with E-state index >= 15 is 0 Å². The van der Waals surface area contributed by atoms with Gasteiger partial charge >= 0.3 is 6.18 Å². The molecule has 1 radical (unpaired) electrons. The maximum Gasteiger partial charge on any atom is 0.418 e. The number of allylic oxidation sites excluding steroid dienone is 2. The van der Waals surface area contributed by atoms with Crippen LogP contribution in [0.15, 0.2) is 103 Å². The molecule has 5 aromatic carbocycles. The summed E-state index contributed by atoms with van der Waals surface area (Å²) >= 11 is 0. The maximum atomic E-state index is 14.4. The van der Waals surface area contributed by atoms with Gasteiger partial charge in [-0.3, -0.25) is 9.78 Å². The van der Waals surface area contributed by atoms with E-state index in [1.54, 1.807) is 6.07 Å². The van der Waals surface area contributed by atoms with Crippen LogP contribution in [0.25, 0.3) is 66.2 Å². The molecule has 0 unspecified atom stereocenters.